The lowest BCUT2D eigenvalue weighted by Gasteiger charge is -2.29. The molecule has 42 heavy (non-hydrogen) atoms. The highest BCUT2D eigenvalue weighted by Gasteiger charge is 2.39. The molecule has 0 aliphatic carbocycles. The van der Waals surface area contributed by atoms with Crippen molar-refractivity contribution >= 4 is 29.3 Å². The number of ether oxygens (including phenoxy) is 1. The largest absolute Gasteiger partial charge is 0.470 e. The molecule has 1 aromatic heterocycles. The topological polar surface area (TPSA) is 121 Å². The van der Waals surface area contributed by atoms with Crippen LogP contribution in [0.2, 0.25) is 0 Å². The number of nitrogens with one attached hydrogen (secondary N) is 2. The van der Waals surface area contributed by atoms with Crippen LogP contribution in [0.5, 0.6) is 0 Å². The van der Waals surface area contributed by atoms with Gasteiger partial charge in [-0.25, -0.2) is 0 Å². The van der Waals surface area contributed by atoms with Crippen LogP contribution in [-0.2, 0) is 38.6 Å². The smallest absolute Gasteiger partial charge is 0.255 e. The van der Waals surface area contributed by atoms with Gasteiger partial charge in [-0.1, -0.05) is 18.2 Å². The van der Waals surface area contributed by atoms with E-state index in [1.165, 1.54) is 4.90 Å². The second-order valence-electron chi connectivity index (χ2n) is 10.4. The summed E-state index contributed by atoms with van der Waals surface area (Å²) in [5, 5.41) is 5.33. The van der Waals surface area contributed by atoms with E-state index in [4.69, 9.17) is 4.74 Å². The second-order valence-corrected chi connectivity index (χ2v) is 10.4. The predicted molar refractivity (Wildman–Crippen MR) is 154 cm³/mol. The molecule has 0 radical (unpaired) electrons. The molecule has 2 N–H and O–H groups in total. The van der Waals surface area contributed by atoms with E-state index in [2.05, 4.69) is 15.6 Å². The van der Waals surface area contributed by atoms with Crippen molar-refractivity contribution in [1.82, 2.24) is 20.1 Å². The van der Waals surface area contributed by atoms with E-state index in [1.54, 1.807) is 24.9 Å². The normalized spacial score (nSPS) is 17.6. The fourth-order valence-electron chi connectivity index (χ4n) is 5.48. The SMILES string of the molecule is O=C1CCC(N2Cc3ccc(CCC(=O)Nc4ccc(-c5ccncc5)c(CN5C=COC=C5)c4)cc3C2=O)C(=O)N1. The number of rotatable bonds is 8. The number of amides is 4. The van der Waals surface area contributed by atoms with Gasteiger partial charge in [-0.05, 0) is 71.0 Å². The maximum Gasteiger partial charge on any atom is 0.255 e. The summed E-state index contributed by atoms with van der Waals surface area (Å²) >= 11 is 0. The molecule has 1 saturated heterocycles. The zero-order valence-corrected chi connectivity index (χ0v) is 22.8. The number of hydrogen-bond acceptors (Lipinski definition) is 7. The first-order valence-electron chi connectivity index (χ1n) is 13.8. The Morgan fingerprint density at radius 1 is 1.00 bits per heavy atom. The zero-order chi connectivity index (χ0) is 29.1. The average Bonchev–Trinajstić information content (AvgIpc) is 3.32. The summed E-state index contributed by atoms with van der Waals surface area (Å²) in [7, 11) is 0. The van der Waals surface area contributed by atoms with Gasteiger partial charge in [-0.15, -0.1) is 0 Å². The number of hydrogen-bond donors (Lipinski definition) is 2. The number of nitrogens with zero attached hydrogens (tertiary/aromatic N) is 3. The van der Waals surface area contributed by atoms with Crippen LogP contribution in [0.1, 0.15) is 46.3 Å². The zero-order valence-electron chi connectivity index (χ0n) is 22.8. The Balaban J connectivity index is 1.11. The van der Waals surface area contributed by atoms with Gasteiger partial charge in [0, 0.05) is 62.0 Å². The summed E-state index contributed by atoms with van der Waals surface area (Å²) in [5.74, 6) is -1.11. The van der Waals surface area contributed by atoms with Gasteiger partial charge in [0.05, 0.1) is 0 Å². The van der Waals surface area contributed by atoms with Crippen molar-refractivity contribution < 1.29 is 23.9 Å². The van der Waals surface area contributed by atoms with E-state index in [9.17, 15) is 19.2 Å². The van der Waals surface area contributed by atoms with Crippen molar-refractivity contribution in [3.63, 3.8) is 0 Å². The highest BCUT2D eigenvalue weighted by atomic mass is 16.5. The van der Waals surface area contributed by atoms with Crippen molar-refractivity contribution in [2.45, 2.75) is 44.8 Å². The van der Waals surface area contributed by atoms with Crippen LogP contribution in [0.3, 0.4) is 0 Å². The molecule has 10 nitrogen and oxygen atoms in total. The standard InChI is InChI=1S/C32H29N5O5/c38-29(7-2-21-1-3-23-20-37(32(41)27(23)17-21)28-6-8-30(39)35-31(28)40)34-25-4-5-26(22-9-11-33-12-10-22)24(18-25)19-36-13-15-42-16-14-36/h1,3-5,9-18,28H,2,6-8,19-20H2,(H,34,38)(H,35,39,40). The molecule has 3 aromatic rings. The molecule has 0 saturated carbocycles. The first-order valence-corrected chi connectivity index (χ1v) is 13.8. The summed E-state index contributed by atoms with van der Waals surface area (Å²) in [6.07, 6.45) is 11.6. The number of carbonyl (C=O) groups is 4. The van der Waals surface area contributed by atoms with E-state index < -0.39 is 11.9 Å². The fraction of sp³-hybridized carbons (Fsp3) is 0.219. The van der Waals surface area contributed by atoms with Gasteiger partial charge < -0.3 is 19.9 Å². The third-order valence-electron chi connectivity index (χ3n) is 7.63. The highest BCUT2D eigenvalue weighted by molar-refractivity contribution is 6.05. The van der Waals surface area contributed by atoms with Crippen LogP contribution >= 0.6 is 0 Å². The number of anilines is 1. The van der Waals surface area contributed by atoms with Gasteiger partial charge in [0.15, 0.2) is 0 Å². The van der Waals surface area contributed by atoms with Crippen molar-refractivity contribution in [1.29, 1.82) is 0 Å². The predicted octanol–water partition coefficient (Wildman–Crippen LogP) is 3.86. The van der Waals surface area contributed by atoms with Gasteiger partial charge in [0.25, 0.3) is 5.91 Å². The summed E-state index contributed by atoms with van der Waals surface area (Å²) < 4.78 is 5.15. The Morgan fingerprint density at radius 3 is 2.60 bits per heavy atom. The number of imide groups is 1. The summed E-state index contributed by atoms with van der Waals surface area (Å²) in [5.41, 5.74) is 6.03. The minimum atomic E-state index is -0.651. The Labute approximate surface area is 242 Å². The van der Waals surface area contributed by atoms with Crippen LogP contribution in [0.4, 0.5) is 5.69 Å². The molecule has 212 valence electrons. The first-order chi connectivity index (χ1) is 20.4. The third-order valence-corrected chi connectivity index (χ3v) is 7.63. The number of aromatic nitrogens is 1. The third kappa shape index (κ3) is 5.78. The quantitative estimate of drug-likeness (QED) is 0.400. The average molecular weight is 564 g/mol. The van der Waals surface area contributed by atoms with E-state index in [0.717, 1.165) is 27.8 Å². The number of pyridine rings is 1. The van der Waals surface area contributed by atoms with Crippen LogP contribution in [-0.4, -0.2) is 44.5 Å². The van der Waals surface area contributed by atoms with Gasteiger partial charge in [-0.2, -0.15) is 0 Å². The molecule has 0 bridgehead atoms. The maximum atomic E-state index is 13.1. The maximum absolute atomic E-state index is 13.1. The number of aryl methyl sites for hydroxylation is 1. The van der Waals surface area contributed by atoms with Gasteiger partial charge in [0.2, 0.25) is 17.7 Å². The van der Waals surface area contributed by atoms with E-state index in [1.807, 2.05) is 65.8 Å². The minimum absolute atomic E-state index is 0.138. The fourth-order valence-corrected chi connectivity index (χ4v) is 5.48. The monoisotopic (exact) mass is 563 g/mol. The van der Waals surface area contributed by atoms with Crippen molar-refractivity contribution in [2.24, 2.45) is 0 Å². The Kier molecular flexibility index (Phi) is 7.50. The van der Waals surface area contributed by atoms with Crippen molar-refractivity contribution in [3.05, 3.63) is 108 Å². The molecule has 4 amide bonds. The molecule has 10 heteroatoms. The number of carbonyl (C=O) groups excluding carboxylic acids is 4. The van der Waals surface area contributed by atoms with Gasteiger partial charge in [-0.3, -0.25) is 29.5 Å². The molecule has 1 atom stereocenters. The lowest BCUT2D eigenvalue weighted by Crippen LogP contribution is -2.52. The molecule has 0 spiro atoms. The van der Waals surface area contributed by atoms with E-state index in [0.29, 0.717) is 37.2 Å². The number of benzene rings is 2. The molecule has 6 rings (SSSR count). The van der Waals surface area contributed by atoms with Crippen molar-refractivity contribution in [3.8, 4) is 11.1 Å². The molecular weight excluding hydrogens is 534 g/mol. The Bertz CT molecular complexity index is 1600. The Morgan fingerprint density at radius 2 is 1.81 bits per heavy atom. The minimum Gasteiger partial charge on any atom is -0.470 e. The lowest BCUT2D eigenvalue weighted by molar-refractivity contribution is -0.137. The van der Waals surface area contributed by atoms with Crippen LogP contribution in [0, 0.1) is 0 Å². The molecule has 4 heterocycles. The van der Waals surface area contributed by atoms with E-state index in [-0.39, 0.29) is 30.6 Å². The molecular formula is C32H29N5O5. The number of fused-ring (bicyclic) bond motifs is 1. The van der Waals surface area contributed by atoms with Crippen LogP contribution in [0.15, 0.2) is 85.8 Å². The molecule has 1 unspecified atom stereocenters. The molecule has 3 aliphatic heterocycles. The number of piperidine rings is 1. The van der Waals surface area contributed by atoms with Gasteiger partial charge >= 0.3 is 0 Å². The van der Waals surface area contributed by atoms with Crippen molar-refractivity contribution in [2.75, 3.05) is 5.32 Å². The lowest BCUT2D eigenvalue weighted by atomic mass is 9.99. The molecule has 2 aromatic carbocycles. The second kappa shape index (κ2) is 11.7. The van der Waals surface area contributed by atoms with Crippen LogP contribution in [0.25, 0.3) is 11.1 Å². The van der Waals surface area contributed by atoms with Gasteiger partial charge in [0.1, 0.15) is 18.6 Å². The molecule has 1 fully saturated rings. The highest BCUT2D eigenvalue weighted by Crippen LogP contribution is 2.30. The summed E-state index contributed by atoms with van der Waals surface area (Å²) in [6.45, 7) is 0.909. The Hall–Kier alpha value is -5.25. The summed E-state index contributed by atoms with van der Waals surface area (Å²) in [6, 6.07) is 14.7. The molecule has 3 aliphatic rings. The van der Waals surface area contributed by atoms with Crippen LogP contribution < -0.4 is 10.6 Å². The first kappa shape index (κ1) is 26.9. The van der Waals surface area contributed by atoms with E-state index >= 15 is 0 Å². The summed E-state index contributed by atoms with van der Waals surface area (Å²) in [4.78, 5) is 57.5.